The molecule has 2 N–H and O–H groups in total. The third-order valence-corrected chi connectivity index (χ3v) is 3.53. The fraction of sp³-hybridized carbons (Fsp3) is 0.211. The smallest absolute Gasteiger partial charge is 0.315 e. The van der Waals surface area contributed by atoms with Gasteiger partial charge in [-0.15, -0.1) is 0 Å². The molecule has 0 aliphatic rings. The van der Waals surface area contributed by atoms with Gasteiger partial charge in [0.15, 0.2) is 0 Å². The fourth-order valence-electron chi connectivity index (χ4n) is 2.03. The Labute approximate surface area is 142 Å². The summed E-state index contributed by atoms with van der Waals surface area (Å²) in [6.07, 6.45) is 1.86. The van der Waals surface area contributed by atoms with Gasteiger partial charge in [0, 0.05) is 12.1 Å². The number of carbonyl (C=O) groups excluding carboxylic acids is 1. The van der Waals surface area contributed by atoms with Crippen molar-refractivity contribution in [1.82, 2.24) is 10.6 Å². The lowest BCUT2D eigenvalue weighted by molar-refractivity contribution is 0.242. The molecule has 2 amide bonds. The summed E-state index contributed by atoms with van der Waals surface area (Å²) in [6.45, 7) is 0.925. The molecule has 0 atom stereocenters. The minimum Gasteiger partial charge on any atom is -0.338 e. The Morgan fingerprint density at radius 3 is 2.52 bits per heavy atom. The lowest BCUT2D eigenvalue weighted by Gasteiger charge is -2.05. The molecule has 4 heteroatoms. The molecule has 0 aliphatic carbocycles. The molecular formula is C19H19ClN2O. The zero-order chi connectivity index (χ0) is 16.3. The van der Waals surface area contributed by atoms with Gasteiger partial charge in [0.25, 0.3) is 0 Å². The second kappa shape index (κ2) is 9.55. The maximum absolute atomic E-state index is 11.6. The number of aryl methyl sites for hydroxylation is 1. The van der Waals surface area contributed by atoms with Crippen LogP contribution >= 0.6 is 11.6 Å². The molecule has 0 aromatic heterocycles. The van der Waals surface area contributed by atoms with Gasteiger partial charge in [-0.25, -0.2) is 4.79 Å². The monoisotopic (exact) mass is 326 g/mol. The number of hydrogen-bond acceptors (Lipinski definition) is 1. The zero-order valence-electron chi connectivity index (χ0n) is 12.8. The molecule has 0 saturated heterocycles. The van der Waals surface area contributed by atoms with Gasteiger partial charge in [-0.05, 0) is 30.5 Å². The highest BCUT2D eigenvalue weighted by molar-refractivity contribution is 6.31. The Bertz CT molecular complexity index is 689. The summed E-state index contributed by atoms with van der Waals surface area (Å²) >= 11 is 6.00. The van der Waals surface area contributed by atoms with Crippen LogP contribution in [0.5, 0.6) is 0 Å². The number of benzene rings is 2. The molecule has 0 bridgehead atoms. The first-order chi connectivity index (χ1) is 11.3. The van der Waals surface area contributed by atoms with E-state index in [2.05, 4.69) is 34.6 Å². The van der Waals surface area contributed by atoms with Crippen molar-refractivity contribution in [2.24, 2.45) is 0 Å². The van der Waals surface area contributed by atoms with Gasteiger partial charge in [0.2, 0.25) is 0 Å². The van der Waals surface area contributed by atoms with E-state index in [9.17, 15) is 4.79 Å². The average Bonchev–Trinajstić information content (AvgIpc) is 2.58. The molecule has 2 aromatic carbocycles. The molecule has 2 rings (SSSR count). The third-order valence-electron chi connectivity index (χ3n) is 3.20. The van der Waals surface area contributed by atoms with Crippen LogP contribution in [-0.2, 0) is 6.42 Å². The minimum atomic E-state index is -0.202. The van der Waals surface area contributed by atoms with Crippen LogP contribution in [0.2, 0.25) is 5.02 Å². The lowest BCUT2D eigenvalue weighted by atomic mass is 10.1. The van der Waals surface area contributed by atoms with E-state index >= 15 is 0 Å². The van der Waals surface area contributed by atoms with Gasteiger partial charge in [0.05, 0.1) is 11.6 Å². The van der Waals surface area contributed by atoms with Gasteiger partial charge in [-0.3, -0.25) is 0 Å². The maximum Gasteiger partial charge on any atom is 0.315 e. The Morgan fingerprint density at radius 2 is 1.74 bits per heavy atom. The molecule has 0 heterocycles. The number of halogens is 1. The number of hydrogen-bond donors (Lipinski definition) is 2. The highest BCUT2D eigenvalue weighted by Gasteiger charge is 1.98. The van der Waals surface area contributed by atoms with Crippen molar-refractivity contribution in [3.63, 3.8) is 0 Å². The van der Waals surface area contributed by atoms with Crippen molar-refractivity contribution >= 4 is 17.6 Å². The van der Waals surface area contributed by atoms with Crippen molar-refractivity contribution in [3.05, 3.63) is 70.7 Å². The summed E-state index contributed by atoms with van der Waals surface area (Å²) in [4.78, 5) is 11.6. The molecule has 2 aromatic rings. The Hall–Kier alpha value is -2.44. The van der Waals surface area contributed by atoms with Gasteiger partial charge >= 0.3 is 6.03 Å². The second-order valence-corrected chi connectivity index (χ2v) is 5.39. The van der Waals surface area contributed by atoms with Crippen LogP contribution in [0.4, 0.5) is 4.79 Å². The first-order valence-electron chi connectivity index (χ1n) is 7.55. The quantitative estimate of drug-likeness (QED) is 0.639. The summed E-state index contributed by atoms with van der Waals surface area (Å²) in [6, 6.07) is 17.4. The van der Waals surface area contributed by atoms with Crippen LogP contribution in [-0.4, -0.2) is 19.1 Å². The summed E-state index contributed by atoms with van der Waals surface area (Å²) in [7, 11) is 0. The van der Waals surface area contributed by atoms with Gasteiger partial charge < -0.3 is 10.6 Å². The largest absolute Gasteiger partial charge is 0.338 e. The zero-order valence-corrected chi connectivity index (χ0v) is 13.6. The van der Waals surface area contributed by atoms with E-state index in [0.717, 1.165) is 18.4 Å². The van der Waals surface area contributed by atoms with E-state index < -0.39 is 0 Å². The number of rotatable bonds is 5. The number of carbonyl (C=O) groups is 1. The Morgan fingerprint density at radius 1 is 1.00 bits per heavy atom. The van der Waals surface area contributed by atoms with E-state index in [0.29, 0.717) is 11.6 Å². The molecule has 23 heavy (non-hydrogen) atoms. The highest BCUT2D eigenvalue weighted by atomic mass is 35.5. The molecule has 118 valence electrons. The van der Waals surface area contributed by atoms with Gasteiger partial charge in [-0.2, -0.15) is 0 Å². The van der Waals surface area contributed by atoms with Crippen LogP contribution < -0.4 is 10.6 Å². The van der Waals surface area contributed by atoms with Crippen LogP contribution in [0.3, 0.4) is 0 Å². The highest BCUT2D eigenvalue weighted by Crippen LogP contribution is 2.12. The first kappa shape index (κ1) is 16.9. The van der Waals surface area contributed by atoms with Crippen molar-refractivity contribution in [2.45, 2.75) is 12.8 Å². The lowest BCUT2D eigenvalue weighted by Crippen LogP contribution is -2.36. The first-order valence-corrected chi connectivity index (χ1v) is 7.92. The minimum absolute atomic E-state index is 0.202. The standard InChI is InChI=1S/C19H19ClN2O/c20-18-13-5-4-11-17(18)12-7-15-22-19(23)21-14-6-10-16-8-2-1-3-9-16/h1-5,8-9,11,13H,6,10,14-15H2,(H2,21,22,23). The van der Waals surface area contributed by atoms with Crippen molar-refractivity contribution in [3.8, 4) is 11.8 Å². The Kier molecular flexibility index (Phi) is 7.03. The SMILES string of the molecule is O=C(NCC#Cc1ccccc1Cl)NCCCc1ccccc1. The third kappa shape index (κ3) is 6.46. The van der Waals surface area contributed by atoms with Gasteiger partial charge in [0.1, 0.15) is 0 Å². The summed E-state index contributed by atoms with van der Waals surface area (Å²) in [5, 5.41) is 6.14. The molecule has 0 saturated carbocycles. The van der Waals surface area contributed by atoms with Crippen molar-refractivity contribution < 1.29 is 4.79 Å². The van der Waals surface area contributed by atoms with E-state index in [4.69, 9.17) is 11.6 Å². The van der Waals surface area contributed by atoms with E-state index in [-0.39, 0.29) is 12.6 Å². The van der Waals surface area contributed by atoms with Crippen molar-refractivity contribution in [2.75, 3.05) is 13.1 Å². The number of amides is 2. The van der Waals surface area contributed by atoms with E-state index in [1.54, 1.807) is 6.07 Å². The van der Waals surface area contributed by atoms with Crippen LogP contribution in [0.1, 0.15) is 17.5 Å². The predicted molar refractivity (Wildman–Crippen MR) is 94.5 cm³/mol. The van der Waals surface area contributed by atoms with Crippen LogP contribution in [0.25, 0.3) is 0 Å². The molecule has 0 fully saturated rings. The molecule has 0 radical (unpaired) electrons. The average molecular weight is 327 g/mol. The van der Waals surface area contributed by atoms with Crippen LogP contribution in [0.15, 0.2) is 54.6 Å². The van der Waals surface area contributed by atoms with Crippen molar-refractivity contribution in [1.29, 1.82) is 0 Å². The molecular weight excluding hydrogens is 308 g/mol. The molecule has 0 unspecified atom stereocenters. The maximum atomic E-state index is 11.6. The fourth-order valence-corrected chi connectivity index (χ4v) is 2.21. The summed E-state index contributed by atoms with van der Waals surface area (Å²) < 4.78 is 0. The van der Waals surface area contributed by atoms with E-state index in [1.807, 2.05) is 36.4 Å². The van der Waals surface area contributed by atoms with E-state index in [1.165, 1.54) is 5.56 Å². The second-order valence-electron chi connectivity index (χ2n) is 4.98. The molecule has 3 nitrogen and oxygen atoms in total. The Balaban J connectivity index is 1.61. The topological polar surface area (TPSA) is 41.1 Å². The summed E-state index contributed by atoms with van der Waals surface area (Å²) in [5.74, 6) is 5.82. The predicted octanol–water partition coefficient (Wildman–Crippen LogP) is 3.62. The number of urea groups is 1. The molecule has 0 spiro atoms. The molecule has 0 aliphatic heterocycles. The number of nitrogens with one attached hydrogen (secondary N) is 2. The summed E-state index contributed by atoms with van der Waals surface area (Å²) in [5.41, 5.74) is 2.04. The van der Waals surface area contributed by atoms with Crippen LogP contribution in [0, 0.1) is 11.8 Å². The van der Waals surface area contributed by atoms with Gasteiger partial charge in [-0.1, -0.05) is 65.9 Å². The normalized spacial score (nSPS) is 9.61.